The van der Waals surface area contributed by atoms with E-state index in [2.05, 4.69) is 32.1 Å². The molecule has 0 saturated carbocycles. The van der Waals surface area contributed by atoms with Gasteiger partial charge < -0.3 is 10.6 Å². The molecule has 0 radical (unpaired) electrons. The second-order valence-electron chi connectivity index (χ2n) is 7.89. The topological polar surface area (TPSA) is 120 Å². The number of thioether (sulfide) groups is 1. The zero-order chi connectivity index (χ0) is 23.8. The van der Waals surface area contributed by atoms with Gasteiger partial charge in [-0.3, -0.25) is 9.20 Å². The average Bonchev–Trinajstić information content (AvgIpc) is 3.26. The van der Waals surface area contributed by atoms with E-state index in [-0.39, 0.29) is 11.5 Å². The molecule has 2 N–H and O–H groups in total. The molecule has 2 aromatic carbocycles. The first-order chi connectivity index (χ1) is 16.5. The normalized spacial score (nSPS) is 11.4. The van der Waals surface area contributed by atoms with Crippen LogP contribution in [0.25, 0.3) is 22.4 Å². The highest BCUT2D eigenvalue weighted by Crippen LogP contribution is 2.25. The molecule has 0 unspecified atom stereocenters. The maximum atomic E-state index is 13.5. The number of fused-ring (bicyclic) bond motifs is 3. The molecule has 5 aromatic rings. The van der Waals surface area contributed by atoms with E-state index in [1.807, 2.05) is 67.0 Å². The highest BCUT2D eigenvalue weighted by atomic mass is 32.2. The molecule has 0 bridgehead atoms. The summed E-state index contributed by atoms with van der Waals surface area (Å²) in [5.41, 5.74) is 8.39. The van der Waals surface area contributed by atoms with E-state index in [9.17, 15) is 4.79 Å². The first-order valence-corrected chi connectivity index (χ1v) is 11.7. The van der Waals surface area contributed by atoms with Crippen LogP contribution in [0.3, 0.4) is 0 Å². The number of para-hydroxylation sites is 1. The van der Waals surface area contributed by atoms with Crippen molar-refractivity contribution in [2.24, 2.45) is 0 Å². The molecular formula is C23H23N9OS. The minimum atomic E-state index is -0.142. The Balaban J connectivity index is 1.64. The van der Waals surface area contributed by atoms with E-state index in [0.29, 0.717) is 33.8 Å². The monoisotopic (exact) mass is 473 g/mol. The molecule has 5 rings (SSSR count). The minimum Gasteiger partial charge on any atom is -0.368 e. The van der Waals surface area contributed by atoms with E-state index in [1.54, 1.807) is 9.47 Å². The van der Waals surface area contributed by atoms with Crippen LogP contribution >= 0.6 is 11.8 Å². The van der Waals surface area contributed by atoms with Crippen LogP contribution < -0.4 is 16.2 Å². The first-order valence-electron chi connectivity index (χ1n) is 10.7. The summed E-state index contributed by atoms with van der Waals surface area (Å²) >= 11 is 1.42. The lowest BCUT2D eigenvalue weighted by Gasteiger charge is -2.12. The predicted molar refractivity (Wildman–Crippen MR) is 134 cm³/mol. The molecule has 172 valence electrons. The number of hydrogen-bond donors (Lipinski definition) is 1. The lowest BCUT2D eigenvalue weighted by Crippen LogP contribution is -2.21. The summed E-state index contributed by atoms with van der Waals surface area (Å²) in [5, 5.41) is 10.00. The fourth-order valence-electron chi connectivity index (χ4n) is 3.70. The molecule has 0 aliphatic rings. The van der Waals surface area contributed by atoms with Crippen molar-refractivity contribution < 1.29 is 0 Å². The molecule has 0 aliphatic carbocycles. The molecule has 0 amide bonds. The van der Waals surface area contributed by atoms with Crippen molar-refractivity contribution in [2.75, 3.05) is 24.7 Å². The Kier molecular flexibility index (Phi) is 5.62. The van der Waals surface area contributed by atoms with E-state index >= 15 is 0 Å². The number of nitrogens with zero attached hydrogens (tertiary/aromatic N) is 8. The van der Waals surface area contributed by atoms with Crippen LogP contribution in [-0.2, 0) is 12.2 Å². The summed E-state index contributed by atoms with van der Waals surface area (Å²) < 4.78 is 3.50. The molecule has 11 heteroatoms. The fourth-order valence-corrected chi connectivity index (χ4v) is 4.50. The van der Waals surface area contributed by atoms with Gasteiger partial charge in [-0.15, -0.1) is 10.2 Å². The predicted octanol–water partition coefficient (Wildman–Crippen LogP) is 2.72. The standard InChI is InChI=1S/C23H23N9OS/c1-4-14-9-11-15(12-10-14)31-19(33)16-7-5-6-8-17(16)32-22(31)28-29-23(32)34-13-18-25-20(24)27-21(26-18)30(2)3/h5-12H,4,13H2,1-3H3,(H2,24,25,26,27). The van der Waals surface area contributed by atoms with E-state index in [4.69, 9.17) is 5.73 Å². The Bertz CT molecular complexity index is 1560. The van der Waals surface area contributed by atoms with Crippen molar-refractivity contribution in [3.8, 4) is 5.69 Å². The van der Waals surface area contributed by atoms with Crippen LogP contribution in [0.1, 0.15) is 18.3 Å². The van der Waals surface area contributed by atoms with Gasteiger partial charge >= 0.3 is 0 Å². The number of aromatic nitrogens is 7. The second-order valence-corrected chi connectivity index (χ2v) is 8.83. The first kappa shape index (κ1) is 21.8. The van der Waals surface area contributed by atoms with Crippen molar-refractivity contribution in [2.45, 2.75) is 24.3 Å². The molecule has 0 spiro atoms. The van der Waals surface area contributed by atoms with Gasteiger partial charge in [0, 0.05) is 14.1 Å². The lowest BCUT2D eigenvalue weighted by molar-refractivity contribution is 0.906. The van der Waals surface area contributed by atoms with Crippen LogP contribution in [0, 0.1) is 0 Å². The van der Waals surface area contributed by atoms with Crippen LogP contribution in [0.2, 0.25) is 0 Å². The third kappa shape index (κ3) is 3.83. The number of aryl methyl sites for hydroxylation is 1. The van der Waals surface area contributed by atoms with Crippen molar-refractivity contribution in [3.63, 3.8) is 0 Å². The Morgan fingerprint density at radius 1 is 1.00 bits per heavy atom. The molecule has 3 aromatic heterocycles. The molecule has 3 heterocycles. The number of nitrogen functional groups attached to an aromatic ring is 1. The van der Waals surface area contributed by atoms with Gasteiger partial charge in [0.05, 0.1) is 22.3 Å². The number of hydrogen-bond acceptors (Lipinski definition) is 9. The van der Waals surface area contributed by atoms with E-state index < -0.39 is 0 Å². The average molecular weight is 474 g/mol. The summed E-state index contributed by atoms with van der Waals surface area (Å²) in [6.45, 7) is 2.10. The van der Waals surface area contributed by atoms with Gasteiger partial charge in [0.2, 0.25) is 17.7 Å². The van der Waals surface area contributed by atoms with Crippen LogP contribution in [-0.4, -0.2) is 48.2 Å². The van der Waals surface area contributed by atoms with Crippen LogP contribution in [0.5, 0.6) is 0 Å². The Labute approximate surface area is 199 Å². The van der Waals surface area contributed by atoms with Gasteiger partial charge in [0.1, 0.15) is 5.82 Å². The zero-order valence-corrected chi connectivity index (χ0v) is 19.8. The summed E-state index contributed by atoms with van der Waals surface area (Å²) in [4.78, 5) is 28.1. The largest absolute Gasteiger partial charge is 0.368 e. The highest BCUT2D eigenvalue weighted by molar-refractivity contribution is 7.98. The van der Waals surface area contributed by atoms with Crippen LogP contribution in [0.15, 0.2) is 58.5 Å². The lowest BCUT2D eigenvalue weighted by atomic mass is 10.1. The number of anilines is 2. The molecular weight excluding hydrogens is 450 g/mol. The van der Waals surface area contributed by atoms with Gasteiger partial charge in [0.15, 0.2) is 5.16 Å². The summed E-state index contributed by atoms with van der Waals surface area (Å²) in [5.74, 6) is 2.04. The van der Waals surface area contributed by atoms with Crippen molar-refractivity contribution in [3.05, 3.63) is 70.3 Å². The Morgan fingerprint density at radius 3 is 2.50 bits per heavy atom. The maximum absolute atomic E-state index is 13.5. The smallest absolute Gasteiger partial charge is 0.267 e. The molecule has 34 heavy (non-hydrogen) atoms. The summed E-state index contributed by atoms with van der Waals surface area (Å²) in [6, 6.07) is 15.4. The Hall–Kier alpha value is -3.99. The zero-order valence-electron chi connectivity index (χ0n) is 19.0. The summed E-state index contributed by atoms with van der Waals surface area (Å²) in [6.07, 6.45) is 0.922. The molecule has 0 atom stereocenters. The summed E-state index contributed by atoms with van der Waals surface area (Å²) in [7, 11) is 3.69. The van der Waals surface area contributed by atoms with Gasteiger partial charge in [-0.1, -0.05) is 43.0 Å². The van der Waals surface area contributed by atoms with E-state index in [1.165, 1.54) is 17.3 Å². The van der Waals surface area contributed by atoms with Gasteiger partial charge in [-0.05, 0) is 36.2 Å². The number of rotatable bonds is 6. The maximum Gasteiger partial charge on any atom is 0.267 e. The number of benzene rings is 2. The van der Waals surface area contributed by atoms with Gasteiger partial charge in [0.25, 0.3) is 5.56 Å². The second kappa shape index (κ2) is 8.75. The quantitative estimate of drug-likeness (QED) is 0.371. The molecule has 0 aliphatic heterocycles. The number of nitrogens with two attached hydrogens (primary N) is 1. The highest BCUT2D eigenvalue weighted by Gasteiger charge is 2.18. The molecule has 10 nitrogen and oxygen atoms in total. The van der Waals surface area contributed by atoms with E-state index in [0.717, 1.165) is 17.6 Å². The van der Waals surface area contributed by atoms with Gasteiger partial charge in [-0.2, -0.15) is 15.0 Å². The fraction of sp³-hybridized carbons (Fsp3) is 0.217. The minimum absolute atomic E-state index is 0.142. The Morgan fingerprint density at radius 2 is 1.76 bits per heavy atom. The third-order valence-electron chi connectivity index (χ3n) is 5.42. The van der Waals surface area contributed by atoms with Crippen molar-refractivity contribution >= 4 is 40.3 Å². The van der Waals surface area contributed by atoms with Gasteiger partial charge in [-0.25, -0.2) is 4.57 Å². The van der Waals surface area contributed by atoms with Crippen molar-refractivity contribution in [1.29, 1.82) is 0 Å². The molecule has 0 fully saturated rings. The molecule has 0 saturated heterocycles. The third-order valence-corrected chi connectivity index (χ3v) is 6.34. The van der Waals surface area contributed by atoms with Crippen molar-refractivity contribution in [1.82, 2.24) is 34.1 Å². The SMILES string of the molecule is CCc1ccc(-n2c(=O)c3ccccc3n3c(SCc4nc(N)nc(N(C)C)n4)nnc23)cc1. The van der Waals surface area contributed by atoms with Crippen LogP contribution in [0.4, 0.5) is 11.9 Å².